The molecule has 19 heavy (non-hydrogen) atoms. The van der Waals surface area contributed by atoms with Crippen molar-refractivity contribution in [1.29, 1.82) is 0 Å². The van der Waals surface area contributed by atoms with Crippen LogP contribution in [0, 0.1) is 11.7 Å². The van der Waals surface area contributed by atoms with Gasteiger partial charge < -0.3 is 5.11 Å². The number of nitrogens with zero attached hydrogens (tertiary/aromatic N) is 4. The third-order valence-electron chi connectivity index (χ3n) is 2.70. The third kappa shape index (κ3) is 3.57. The van der Waals surface area contributed by atoms with Gasteiger partial charge in [0.1, 0.15) is 24.1 Å². The highest BCUT2D eigenvalue weighted by atomic mass is 19.1. The lowest BCUT2D eigenvalue weighted by molar-refractivity contribution is 0.168. The summed E-state index contributed by atoms with van der Waals surface area (Å²) in [6, 6.07) is 2.76. The van der Waals surface area contributed by atoms with Crippen LogP contribution in [0.5, 0.6) is 0 Å². The molecule has 0 saturated carbocycles. The van der Waals surface area contributed by atoms with Crippen LogP contribution >= 0.6 is 0 Å². The van der Waals surface area contributed by atoms with Crippen LogP contribution in [0.25, 0.3) is 0 Å². The fourth-order valence-corrected chi connectivity index (χ4v) is 1.81. The largest absolute Gasteiger partial charge is 0.386 e. The van der Waals surface area contributed by atoms with Gasteiger partial charge in [0.15, 0.2) is 0 Å². The molecule has 2 heterocycles. The van der Waals surface area contributed by atoms with Gasteiger partial charge in [-0.05, 0) is 18.1 Å². The number of aliphatic hydroxyl groups excluding tert-OH is 1. The number of hydrogen-bond acceptors (Lipinski definition) is 4. The highest BCUT2D eigenvalue weighted by Gasteiger charge is 2.15. The molecule has 0 amide bonds. The molecule has 0 saturated heterocycles. The molecule has 5 nitrogen and oxygen atoms in total. The highest BCUT2D eigenvalue weighted by Crippen LogP contribution is 2.15. The minimum absolute atomic E-state index is 0.311. The lowest BCUT2D eigenvalue weighted by atomic mass is 10.1. The van der Waals surface area contributed by atoms with Crippen LogP contribution < -0.4 is 0 Å². The Labute approximate surface area is 111 Å². The minimum Gasteiger partial charge on any atom is -0.386 e. The molecule has 2 rings (SSSR count). The Morgan fingerprint density at radius 2 is 2.11 bits per heavy atom. The van der Waals surface area contributed by atoms with E-state index in [2.05, 4.69) is 28.9 Å². The summed E-state index contributed by atoms with van der Waals surface area (Å²) in [6.45, 7) is 4.92. The molecule has 6 heteroatoms. The van der Waals surface area contributed by atoms with Crippen molar-refractivity contribution < 1.29 is 9.50 Å². The van der Waals surface area contributed by atoms with E-state index in [0.29, 0.717) is 23.9 Å². The first kappa shape index (κ1) is 13.6. The van der Waals surface area contributed by atoms with E-state index in [1.807, 2.05) is 0 Å². The van der Waals surface area contributed by atoms with E-state index in [1.54, 1.807) is 4.68 Å². The summed E-state index contributed by atoms with van der Waals surface area (Å²) in [4.78, 5) is 8.01. The maximum absolute atomic E-state index is 12.8. The zero-order valence-corrected chi connectivity index (χ0v) is 11.0. The number of hydrogen-bond donors (Lipinski definition) is 1. The minimum atomic E-state index is -0.810. The van der Waals surface area contributed by atoms with E-state index in [1.165, 1.54) is 18.5 Å². The van der Waals surface area contributed by atoms with Crippen molar-refractivity contribution in [2.75, 3.05) is 0 Å². The first-order chi connectivity index (χ1) is 9.06. The van der Waals surface area contributed by atoms with Crippen molar-refractivity contribution in [3.63, 3.8) is 0 Å². The van der Waals surface area contributed by atoms with Gasteiger partial charge in [0.25, 0.3) is 0 Å². The standard InChI is InChI=1S/C13H17FN4O/c1-9(2)7-18-13(16-8-17-18)5-12(19)11-4-3-10(14)6-15-11/h3-4,6,8-9,12,19H,5,7H2,1-2H3. The SMILES string of the molecule is CC(C)Cn1ncnc1CC(O)c1ccc(F)cn1. The van der Waals surface area contributed by atoms with Gasteiger partial charge in [0.2, 0.25) is 0 Å². The number of aromatic nitrogens is 4. The van der Waals surface area contributed by atoms with Gasteiger partial charge in [-0.3, -0.25) is 4.98 Å². The molecule has 0 aliphatic carbocycles. The summed E-state index contributed by atoms with van der Waals surface area (Å²) in [5.41, 5.74) is 0.431. The van der Waals surface area contributed by atoms with Gasteiger partial charge in [-0.2, -0.15) is 5.10 Å². The quantitative estimate of drug-likeness (QED) is 0.893. The Bertz CT molecular complexity index is 524. The average molecular weight is 264 g/mol. The zero-order chi connectivity index (χ0) is 13.8. The number of rotatable bonds is 5. The maximum Gasteiger partial charge on any atom is 0.141 e. The lowest BCUT2D eigenvalue weighted by Crippen LogP contribution is -2.14. The average Bonchev–Trinajstić information content (AvgIpc) is 2.76. The number of pyridine rings is 1. The van der Waals surface area contributed by atoms with Crippen molar-refractivity contribution >= 4 is 0 Å². The number of aliphatic hydroxyl groups is 1. The second kappa shape index (κ2) is 5.88. The molecule has 102 valence electrons. The first-order valence-corrected chi connectivity index (χ1v) is 6.22. The van der Waals surface area contributed by atoms with Gasteiger partial charge >= 0.3 is 0 Å². The Morgan fingerprint density at radius 1 is 1.32 bits per heavy atom. The fourth-order valence-electron chi connectivity index (χ4n) is 1.81. The topological polar surface area (TPSA) is 63.8 Å². The summed E-state index contributed by atoms with van der Waals surface area (Å²) in [7, 11) is 0. The molecule has 1 atom stereocenters. The van der Waals surface area contributed by atoms with Crippen LogP contribution in [-0.4, -0.2) is 24.9 Å². The monoisotopic (exact) mass is 264 g/mol. The molecule has 1 N–H and O–H groups in total. The molecular weight excluding hydrogens is 247 g/mol. The van der Waals surface area contributed by atoms with Gasteiger partial charge in [0, 0.05) is 13.0 Å². The van der Waals surface area contributed by atoms with Crippen LogP contribution in [-0.2, 0) is 13.0 Å². The predicted molar refractivity (Wildman–Crippen MR) is 67.7 cm³/mol. The highest BCUT2D eigenvalue weighted by molar-refractivity contribution is 5.09. The Hall–Kier alpha value is -1.82. The summed E-state index contributed by atoms with van der Waals surface area (Å²) in [5.74, 6) is 0.729. The van der Waals surface area contributed by atoms with Crippen LogP contribution in [0.15, 0.2) is 24.7 Å². The molecule has 2 aromatic heterocycles. The van der Waals surface area contributed by atoms with Crippen molar-refractivity contribution in [3.05, 3.63) is 42.0 Å². The van der Waals surface area contributed by atoms with E-state index < -0.39 is 11.9 Å². The van der Waals surface area contributed by atoms with Gasteiger partial charge in [-0.15, -0.1) is 0 Å². The molecule has 2 aromatic rings. The van der Waals surface area contributed by atoms with Crippen LogP contribution in [0.3, 0.4) is 0 Å². The van der Waals surface area contributed by atoms with Crippen molar-refractivity contribution in [2.45, 2.75) is 32.9 Å². The normalized spacial score (nSPS) is 12.9. The summed E-state index contributed by atoms with van der Waals surface area (Å²) < 4.78 is 14.5. The second-order valence-corrected chi connectivity index (χ2v) is 4.87. The molecule has 0 fully saturated rings. The van der Waals surface area contributed by atoms with Crippen molar-refractivity contribution in [3.8, 4) is 0 Å². The van der Waals surface area contributed by atoms with Gasteiger partial charge in [-0.1, -0.05) is 13.8 Å². The molecule has 0 spiro atoms. The molecule has 0 aliphatic heterocycles. The molecule has 0 aliphatic rings. The molecule has 0 bridgehead atoms. The van der Waals surface area contributed by atoms with Crippen molar-refractivity contribution in [2.24, 2.45) is 5.92 Å². The molecular formula is C13H17FN4O. The molecule has 0 radical (unpaired) electrons. The summed E-state index contributed by atoms with van der Waals surface area (Å²) in [5, 5.41) is 14.2. The maximum atomic E-state index is 12.8. The molecule has 1 unspecified atom stereocenters. The number of halogens is 1. The van der Waals surface area contributed by atoms with Crippen LogP contribution in [0.1, 0.15) is 31.5 Å². The Morgan fingerprint density at radius 3 is 2.74 bits per heavy atom. The van der Waals surface area contributed by atoms with Gasteiger partial charge in [0.05, 0.1) is 11.9 Å². The van der Waals surface area contributed by atoms with Crippen molar-refractivity contribution in [1.82, 2.24) is 19.7 Å². The fraction of sp³-hybridized carbons (Fsp3) is 0.462. The Balaban J connectivity index is 2.08. The Kier molecular flexibility index (Phi) is 4.21. The smallest absolute Gasteiger partial charge is 0.141 e. The van der Waals surface area contributed by atoms with Gasteiger partial charge in [-0.25, -0.2) is 14.1 Å². The van der Waals surface area contributed by atoms with E-state index >= 15 is 0 Å². The third-order valence-corrected chi connectivity index (χ3v) is 2.70. The van der Waals surface area contributed by atoms with E-state index in [0.717, 1.165) is 12.7 Å². The first-order valence-electron chi connectivity index (χ1n) is 6.22. The summed E-state index contributed by atoms with van der Waals surface area (Å²) >= 11 is 0. The second-order valence-electron chi connectivity index (χ2n) is 4.87. The van der Waals surface area contributed by atoms with E-state index in [4.69, 9.17) is 0 Å². The lowest BCUT2D eigenvalue weighted by Gasteiger charge is -2.12. The van der Waals surface area contributed by atoms with Crippen LogP contribution in [0.2, 0.25) is 0 Å². The zero-order valence-electron chi connectivity index (χ0n) is 11.0. The predicted octanol–water partition coefficient (Wildman–Crippen LogP) is 1.74. The molecule has 0 aromatic carbocycles. The summed E-state index contributed by atoms with van der Waals surface area (Å²) in [6.07, 6.45) is 2.07. The van der Waals surface area contributed by atoms with E-state index in [9.17, 15) is 9.50 Å². The van der Waals surface area contributed by atoms with E-state index in [-0.39, 0.29) is 0 Å². The van der Waals surface area contributed by atoms with Crippen LogP contribution in [0.4, 0.5) is 4.39 Å².